The van der Waals surface area contributed by atoms with E-state index in [1.165, 1.54) is 0 Å². The number of carbonyl (C=O) groups is 1. The minimum Gasteiger partial charge on any atom is -0.424 e. The molecule has 3 saturated heterocycles. The Morgan fingerprint density at radius 3 is 2.50 bits per heavy atom. The van der Waals surface area contributed by atoms with Gasteiger partial charge in [-0.2, -0.15) is 0 Å². The third-order valence-electron chi connectivity index (χ3n) is 6.37. The van der Waals surface area contributed by atoms with Crippen molar-refractivity contribution >= 4 is 5.91 Å². The second-order valence-corrected chi connectivity index (χ2v) is 8.22. The van der Waals surface area contributed by atoms with Gasteiger partial charge < -0.3 is 14.1 Å². The van der Waals surface area contributed by atoms with Gasteiger partial charge in [0.1, 0.15) is 0 Å². The fourth-order valence-corrected chi connectivity index (χ4v) is 4.71. The maximum absolute atomic E-state index is 12.9. The summed E-state index contributed by atoms with van der Waals surface area (Å²) in [4.78, 5) is 19.9. The molecule has 3 fully saturated rings. The first kappa shape index (κ1) is 19.8. The van der Waals surface area contributed by atoms with Crippen LogP contribution in [0.25, 0.3) is 0 Å². The van der Waals surface area contributed by atoms with Crippen molar-refractivity contribution in [2.75, 3.05) is 52.5 Å². The van der Waals surface area contributed by atoms with E-state index in [-0.39, 0.29) is 5.92 Å². The maximum Gasteiger partial charge on any atom is 0.230 e. The highest BCUT2D eigenvalue weighted by atomic mass is 16.5. The second-order valence-electron chi connectivity index (χ2n) is 8.22. The van der Waals surface area contributed by atoms with Crippen LogP contribution in [0, 0.1) is 5.92 Å². The monoisotopic (exact) mass is 391 g/mol. The highest BCUT2D eigenvalue weighted by Gasteiger charge is 2.34. The number of likely N-dealkylation sites (tertiary alicyclic amines) is 2. The summed E-state index contributed by atoms with van der Waals surface area (Å²) in [6.07, 6.45) is 5.24. The van der Waals surface area contributed by atoms with E-state index in [1.54, 1.807) is 0 Å². The third kappa shape index (κ3) is 4.72. The van der Waals surface area contributed by atoms with Crippen LogP contribution in [0.4, 0.5) is 0 Å². The van der Waals surface area contributed by atoms with Gasteiger partial charge in [0.15, 0.2) is 0 Å². The molecule has 1 atom stereocenters. The minimum atomic E-state index is 0.163. The SMILES string of the molecule is CCc1nnc(CN2CCC(N3CCCC(C(=O)N4CCOCC4)C3)CC2)o1. The number of hydrogen-bond donors (Lipinski definition) is 0. The average Bonchev–Trinajstić information content (AvgIpc) is 3.22. The van der Waals surface area contributed by atoms with Crippen molar-refractivity contribution in [3.05, 3.63) is 11.8 Å². The van der Waals surface area contributed by atoms with Crippen LogP contribution in [-0.4, -0.2) is 89.3 Å². The fraction of sp³-hybridized carbons (Fsp3) is 0.850. The van der Waals surface area contributed by atoms with Crippen molar-refractivity contribution in [3.8, 4) is 0 Å². The molecule has 1 aromatic heterocycles. The minimum absolute atomic E-state index is 0.163. The maximum atomic E-state index is 12.9. The van der Waals surface area contributed by atoms with Crippen molar-refractivity contribution in [1.82, 2.24) is 24.9 Å². The Hall–Kier alpha value is -1.51. The number of rotatable bonds is 5. The molecule has 28 heavy (non-hydrogen) atoms. The van der Waals surface area contributed by atoms with E-state index in [0.717, 1.165) is 83.8 Å². The average molecular weight is 392 g/mol. The molecule has 0 radical (unpaired) electrons. The van der Waals surface area contributed by atoms with E-state index in [9.17, 15) is 4.79 Å². The standard InChI is InChI=1S/C20H33N5O3/c1-2-18-21-22-19(28-18)15-23-8-5-17(6-9-23)25-7-3-4-16(14-25)20(26)24-10-12-27-13-11-24/h16-17H,2-15H2,1H3. The number of aryl methyl sites for hydroxylation is 1. The Balaban J connectivity index is 1.25. The van der Waals surface area contributed by atoms with Crippen LogP contribution in [0.2, 0.25) is 0 Å². The summed E-state index contributed by atoms with van der Waals surface area (Å²) in [7, 11) is 0. The molecular formula is C20H33N5O3. The number of piperidine rings is 2. The van der Waals surface area contributed by atoms with Gasteiger partial charge in [-0.05, 0) is 32.2 Å². The number of morpholine rings is 1. The van der Waals surface area contributed by atoms with Crippen molar-refractivity contribution in [2.24, 2.45) is 5.92 Å². The Labute approximate surface area is 167 Å². The van der Waals surface area contributed by atoms with Crippen molar-refractivity contribution in [3.63, 3.8) is 0 Å². The Bertz CT molecular complexity index is 638. The van der Waals surface area contributed by atoms with Gasteiger partial charge in [0.05, 0.1) is 25.7 Å². The second kappa shape index (κ2) is 9.33. The van der Waals surface area contributed by atoms with Gasteiger partial charge in [0.25, 0.3) is 0 Å². The molecule has 156 valence electrons. The van der Waals surface area contributed by atoms with Gasteiger partial charge in [-0.1, -0.05) is 6.92 Å². The highest BCUT2D eigenvalue weighted by Crippen LogP contribution is 2.26. The van der Waals surface area contributed by atoms with E-state index >= 15 is 0 Å². The van der Waals surface area contributed by atoms with Gasteiger partial charge in [-0.3, -0.25) is 14.6 Å². The first-order chi connectivity index (χ1) is 13.7. The molecule has 0 aromatic carbocycles. The summed E-state index contributed by atoms with van der Waals surface area (Å²) < 4.78 is 11.0. The zero-order chi connectivity index (χ0) is 19.3. The smallest absolute Gasteiger partial charge is 0.230 e. The lowest BCUT2D eigenvalue weighted by Gasteiger charge is -2.42. The van der Waals surface area contributed by atoms with Gasteiger partial charge in [0, 0.05) is 45.2 Å². The Kier molecular flexibility index (Phi) is 6.59. The largest absolute Gasteiger partial charge is 0.424 e. The highest BCUT2D eigenvalue weighted by molar-refractivity contribution is 5.79. The van der Waals surface area contributed by atoms with E-state index < -0.39 is 0 Å². The number of nitrogens with zero attached hydrogens (tertiary/aromatic N) is 5. The van der Waals surface area contributed by atoms with Crippen LogP contribution in [-0.2, 0) is 22.5 Å². The lowest BCUT2D eigenvalue weighted by atomic mass is 9.92. The quantitative estimate of drug-likeness (QED) is 0.746. The molecule has 4 heterocycles. The summed E-state index contributed by atoms with van der Waals surface area (Å²) in [6, 6.07) is 0.588. The molecule has 0 saturated carbocycles. The van der Waals surface area contributed by atoms with E-state index in [0.29, 0.717) is 31.1 Å². The van der Waals surface area contributed by atoms with Crippen molar-refractivity contribution < 1.29 is 13.9 Å². The summed E-state index contributed by atoms with van der Waals surface area (Å²) in [6.45, 7) is 9.79. The van der Waals surface area contributed by atoms with E-state index in [1.807, 2.05) is 11.8 Å². The molecule has 3 aliphatic rings. The number of hydrogen-bond acceptors (Lipinski definition) is 7. The summed E-state index contributed by atoms with van der Waals surface area (Å²) in [5.74, 6) is 1.95. The van der Waals surface area contributed by atoms with Crippen LogP contribution in [0.5, 0.6) is 0 Å². The zero-order valence-corrected chi connectivity index (χ0v) is 17.0. The predicted molar refractivity (Wildman–Crippen MR) is 104 cm³/mol. The molecule has 4 rings (SSSR count). The molecule has 1 amide bonds. The lowest BCUT2D eigenvalue weighted by Crippen LogP contribution is -2.52. The Morgan fingerprint density at radius 1 is 1.04 bits per heavy atom. The van der Waals surface area contributed by atoms with Crippen molar-refractivity contribution in [1.29, 1.82) is 0 Å². The molecule has 0 aliphatic carbocycles. The summed E-state index contributed by atoms with van der Waals surface area (Å²) >= 11 is 0. The molecule has 8 nitrogen and oxygen atoms in total. The number of carbonyl (C=O) groups excluding carboxylic acids is 1. The molecule has 0 N–H and O–H groups in total. The topological polar surface area (TPSA) is 74.9 Å². The number of amides is 1. The molecule has 1 unspecified atom stereocenters. The summed E-state index contributed by atoms with van der Waals surface area (Å²) in [5, 5.41) is 8.20. The summed E-state index contributed by atoms with van der Waals surface area (Å²) in [5.41, 5.74) is 0. The Morgan fingerprint density at radius 2 is 1.79 bits per heavy atom. The van der Waals surface area contributed by atoms with Crippen LogP contribution in [0.15, 0.2) is 4.42 Å². The first-order valence-corrected chi connectivity index (χ1v) is 10.9. The first-order valence-electron chi connectivity index (χ1n) is 10.9. The lowest BCUT2D eigenvalue weighted by molar-refractivity contribution is -0.142. The predicted octanol–water partition coefficient (Wildman–Crippen LogP) is 1.17. The van der Waals surface area contributed by atoms with Gasteiger partial charge in [-0.25, -0.2) is 0 Å². The molecule has 1 aromatic rings. The zero-order valence-electron chi connectivity index (χ0n) is 17.0. The van der Waals surface area contributed by atoms with Crippen LogP contribution < -0.4 is 0 Å². The molecule has 0 spiro atoms. The number of ether oxygens (including phenoxy) is 1. The molecule has 3 aliphatic heterocycles. The van der Waals surface area contributed by atoms with Gasteiger partial charge >= 0.3 is 0 Å². The van der Waals surface area contributed by atoms with E-state index in [4.69, 9.17) is 9.15 Å². The van der Waals surface area contributed by atoms with Crippen LogP contribution in [0.1, 0.15) is 44.4 Å². The number of aromatic nitrogens is 2. The van der Waals surface area contributed by atoms with Crippen molar-refractivity contribution in [2.45, 2.75) is 51.6 Å². The van der Waals surface area contributed by atoms with Gasteiger partial charge in [0.2, 0.25) is 17.7 Å². The normalized spacial score (nSPS) is 25.9. The molecule has 8 heteroatoms. The third-order valence-corrected chi connectivity index (χ3v) is 6.37. The molecular weight excluding hydrogens is 358 g/mol. The molecule has 0 bridgehead atoms. The van der Waals surface area contributed by atoms with Crippen LogP contribution >= 0.6 is 0 Å². The van der Waals surface area contributed by atoms with Gasteiger partial charge in [-0.15, -0.1) is 10.2 Å². The fourth-order valence-electron chi connectivity index (χ4n) is 4.71. The van der Waals surface area contributed by atoms with Crippen LogP contribution in [0.3, 0.4) is 0 Å². The van der Waals surface area contributed by atoms with E-state index in [2.05, 4.69) is 20.0 Å².